The first-order valence-corrected chi connectivity index (χ1v) is 8.60. The van der Waals surface area contributed by atoms with E-state index in [1.165, 1.54) is 24.6 Å². The summed E-state index contributed by atoms with van der Waals surface area (Å²) >= 11 is 3.67. The van der Waals surface area contributed by atoms with Crippen LogP contribution >= 0.6 is 23.1 Å². The third kappa shape index (κ3) is 3.58. The van der Waals surface area contributed by atoms with Crippen LogP contribution in [-0.2, 0) is 6.42 Å². The topological polar surface area (TPSA) is 51.0 Å². The van der Waals surface area contributed by atoms with Crippen LogP contribution < -0.4 is 5.32 Å². The molecule has 2 aromatic heterocycles. The predicted molar refractivity (Wildman–Crippen MR) is 79.6 cm³/mol. The van der Waals surface area contributed by atoms with Gasteiger partial charge < -0.3 is 9.84 Å². The SMILES string of the molecule is c1csc(-c2noc(CCCSCC3CNC3)n2)c1. The van der Waals surface area contributed by atoms with E-state index in [0.29, 0.717) is 0 Å². The number of hydrogen-bond acceptors (Lipinski definition) is 6. The van der Waals surface area contributed by atoms with Crippen molar-refractivity contribution >= 4 is 23.1 Å². The molecule has 6 heteroatoms. The first kappa shape index (κ1) is 13.1. The van der Waals surface area contributed by atoms with Crippen LogP contribution in [0.15, 0.2) is 22.0 Å². The molecular weight excluding hydrogens is 278 g/mol. The summed E-state index contributed by atoms with van der Waals surface area (Å²) in [7, 11) is 0. The Hall–Kier alpha value is -0.850. The maximum Gasteiger partial charge on any atom is 0.227 e. The quantitative estimate of drug-likeness (QED) is 0.796. The van der Waals surface area contributed by atoms with Crippen molar-refractivity contribution in [1.82, 2.24) is 15.5 Å². The van der Waals surface area contributed by atoms with E-state index in [4.69, 9.17) is 4.52 Å². The lowest BCUT2D eigenvalue weighted by atomic mass is 10.1. The number of rotatable bonds is 7. The maximum absolute atomic E-state index is 5.27. The number of aryl methyl sites for hydroxylation is 1. The summed E-state index contributed by atoms with van der Waals surface area (Å²) in [6.07, 6.45) is 1.99. The van der Waals surface area contributed by atoms with Gasteiger partial charge in [0.05, 0.1) is 4.88 Å². The molecule has 0 amide bonds. The molecule has 102 valence electrons. The lowest BCUT2D eigenvalue weighted by molar-refractivity contribution is 0.378. The van der Waals surface area contributed by atoms with Gasteiger partial charge in [0, 0.05) is 6.42 Å². The molecule has 3 rings (SSSR count). The van der Waals surface area contributed by atoms with Crippen molar-refractivity contribution in [3.05, 3.63) is 23.4 Å². The molecule has 0 unspecified atom stereocenters. The van der Waals surface area contributed by atoms with Crippen molar-refractivity contribution in [3.63, 3.8) is 0 Å². The summed E-state index contributed by atoms with van der Waals surface area (Å²) in [6.45, 7) is 2.39. The van der Waals surface area contributed by atoms with Crippen molar-refractivity contribution < 1.29 is 4.52 Å². The Labute approximate surface area is 121 Å². The first-order valence-electron chi connectivity index (χ1n) is 6.57. The van der Waals surface area contributed by atoms with Crippen LogP contribution in [0, 0.1) is 5.92 Å². The number of nitrogens with one attached hydrogen (secondary N) is 1. The van der Waals surface area contributed by atoms with E-state index in [-0.39, 0.29) is 0 Å². The van der Waals surface area contributed by atoms with Crippen LogP contribution in [0.3, 0.4) is 0 Å². The number of thiophene rings is 1. The Morgan fingerprint density at radius 3 is 3.16 bits per heavy atom. The Morgan fingerprint density at radius 2 is 2.42 bits per heavy atom. The average Bonchev–Trinajstić information content (AvgIpc) is 3.01. The zero-order valence-corrected chi connectivity index (χ0v) is 12.3. The molecule has 4 nitrogen and oxygen atoms in total. The van der Waals surface area contributed by atoms with E-state index < -0.39 is 0 Å². The molecule has 1 N–H and O–H groups in total. The Bertz CT molecular complexity index is 494. The van der Waals surface area contributed by atoms with E-state index in [2.05, 4.69) is 15.5 Å². The average molecular weight is 295 g/mol. The van der Waals surface area contributed by atoms with Gasteiger partial charge in [0.1, 0.15) is 0 Å². The number of thioether (sulfide) groups is 1. The number of aromatic nitrogens is 2. The normalized spacial score (nSPS) is 15.6. The largest absolute Gasteiger partial charge is 0.339 e. The summed E-state index contributed by atoms with van der Waals surface area (Å²) in [5, 5.41) is 9.34. The van der Waals surface area contributed by atoms with Crippen LogP contribution in [0.25, 0.3) is 10.7 Å². The van der Waals surface area contributed by atoms with Crippen LogP contribution in [0.5, 0.6) is 0 Å². The zero-order chi connectivity index (χ0) is 12.9. The molecular formula is C13H17N3OS2. The molecule has 3 heterocycles. The zero-order valence-electron chi connectivity index (χ0n) is 10.7. The number of nitrogens with zero attached hydrogens (tertiary/aromatic N) is 2. The molecule has 1 saturated heterocycles. The van der Waals surface area contributed by atoms with Gasteiger partial charge in [-0.1, -0.05) is 11.2 Å². The molecule has 0 spiro atoms. The lowest BCUT2D eigenvalue weighted by Gasteiger charge is -2.26. The minimum Gasteiger partial charge on any atom is -0.339 e. The molecule has 0 aliphatic carbocycles. The molecule has 1 fully saturated rings. The summed E-state index contributed by atoms with van der Waals surface area (Å²) in [4.78, 5) is 5.50. The highest BCUT2D eigenvalue weighted by atomic mass is 32.2. The van der Waals surface area contributed by atoms with Crippen LogP contribution in [0.2, 0.25) is 0 Å². The molecule has 2 aromatic rings. The summed E-state index contributed by atoms with van der Waals surface area (Å²) < 4.78 is 5.27. The van der Waals surface area contributed by atoms with Gasteiger partial charge in [-0.25, -0.2) is 0 Å². The highest BCUT2D eigenvalue weighted by Crippen LogP contribution is 2.21. The van der Waals surface area contributed by atoms with Gasteiger partial charge in [-0.15, -0.1) is 11.3 Å². The fourth-order valence-electron chi connectivity index (χ4n) is 1.90. The third-order valence-electron chi connectivity index (χ3n) is 3.11. The van der Waals surface area contributed by atoms with Crippen molar-refractivity contribution in [2.24, 2.45) is 5.92 Å². The molecule has 0 saturated carbocycles. The first-order chi connectivity index (χ1) is 9.42. The second-order valence-corrected chi connectivity index (χ2v) is 6.79. The third-order valence-corrected chi connectivity index (χ3v) is 5.26. The molecule has 19 heavy (non-hydrogen) atoms. The van der Waals surface area contributed by atoms with Gasteiger partial charge in [-0.3, -0.25) is 0 Å². The fourth-order valence-corrected chi connectivity index (χ4v) is 3.64. The van der Waals surface area contributed by atoms with Crippen LogP contribution in [0.4, 0.5) is 0 Å². The molecule has 0 atom stereocenters. The van der Waals surface area contributed by atoms with E-state index >= 15 is 0 Å². The van der Waals surface area contributed by atoms with Crippen LogP contribution in [0.1, 0.15) is 12.3 Å². The minimum atomic E-state index is 0.721. The Balaban J connectivity index is 1.38. The highest BCUT2D eigenvalue weighted by molar-refractivity contribution is 7.99. The lowest BCUT2D eigenvalue weighted by Crippen LogP contribution is -2.43. The van der Waals surface area contributed by atoms with Gasteiger partial charge in [-0.2, -0.15) is 16.7 Å². The molecule has 0 radical (unpaired) electrons. The standard InChI is InChI=1S/C13H17N3OS2/c1-3-11(19-6-1)13-15-12(17-16-13)4-2-5-18-9-10-7-14-8-10/h1,3,6,10,14H,2,4-5,7-9H2. The predicted octanol–water partition coefficient (Wildman–Crippen LogP) is 2.68. The van der Waals surface area contributed by atoms with Crippen molar-refractivity contribution in [2.45, 2.75) is 12.8 Å². The van der Waals surface area contributed by atoms with E-state index in [1.54, 1.807) is 11.3 Å². The second kappa shape index (κ2) is 6.54. The highest BCUT2D eigenvalue weighted by Gasteiger charge is 2.16. The summed E-state index contributed by atoms with van der Waals surface area (Å²) in [6, 6.07) is 4.02. The van der Waals surface area contributed by atoms with E-state index in [0.717, 1.165) is 35.4 Å². The van der Waals surface area contributed by atoms with Gasteiger partial charge >= 0.3 is 0 Å². The van der Waals surface area contributed by atoms with Crippen LogP contribution in [-0.4, -0.2) is 34.7 Å². The van der Waals surface area contributed by atoms with E-state index in [9.17, 15) is 0 Å². The minimum absolute atomic E-state index is 0.721. The summed E-state index contributed by atoms with van der Waals surface area (Å²) in [5.74, 6) is 4.82. The molecule has 0 bridgehead atoms. The van der Waals surface area contributed by atoms with E-state index in [1.807, 2.05) is 29.3 Å². The number of hydrogen-bond donors (Lipinski definition) is 1. The Morgan fingerprint density at radius 1 is 1.47 bits per heavy atom. The van der Waals surface area contributed by atoms with Gasteiger partial charge in [-0.05, 0) is 48.4 Å². The second-order valence-electron chi connectivity index (χ2n) is 4.69. The molecule has 1 aliphatic rings. The molecule has 1 aliphatic heterocycles. The van der Waals surface area contributed by atoms with Crippen molar-refractivity contribution in [2.75, 3.05) is 24.6 Å². The summed E-state index contributed by atoms with van der Waals surface area (Å²) in [5.41, 5.74) is 0. The fraction of sp³-hybridized carbons (Fsp3) is 0.538. The van der Waals surface area contributed by atoms with Gasteiger partial charge in [0.25, 0.3) is 0 Å². The smallest absolute Gasteiger partial charge is 0.227 e. The van der Waals surface area contributed by atoms with Gasteiger partial charge in [0.15, 0.2) is 0 Å². The monoisotopic (exact) mass is 295 g/mol. The van der Waals surface area contributed by atoms with Crippen molar-refractivity contribution in [3.8, 4) is 10.7 Å². The van der Waals surface area contributed by atoms with Gasteiger partial charge in [0.2, 0.25) is 11.7 Å². The van der Waals surface area contributed by atoms with Crippen molar-refractivity contribution in [1.29, 1.82) is 0 Å². The molecule has 0 aromatic carbocycles. The maximum atomic E-state index is 5.27. The Kier molecular flexibility index (Phi) is 4.53.